The predicted molar refractivity (Wildman–Crippen MR) is 70.8 cm³/mol. The normalized spacial score (nSPS) is 14.6. The first-order valence-corrected chi connectivity index (χ1v) is 6.31. The highest BCUT2D eigenvalue weighted by molar-refractivity contribution is 5.43. The smallest absolute Gasteiger partial charge is 0.364 e. The summed E-state index contributed by atoms with van der Waals surface area (Å²) in [6, 6.07) is 3.93. The van der Waals surface area contributed by atoms with Crippen LogP contribution in [0.3, 0.4) is 0 Å². The molecule has 0 spiro atoms. The summed E-state index contributed by atoms with van der Waals surface area (Å²) in [7, 11) is 0. The van der Waals surface area contributed by atoms with Gasteiger partial charge >= 0.3 is 5.69 Å². The van der Waals surface area contributed by atoms with Crippen LogP contribution in [-0.2, 0) is 0 Å². The summed E-state index contributed by atoms with van der Waals surface area (Å²) >= 11 is 0. The van der Waals surface area contributed by atoms with E-state index in [9.17, 15) is 4.79 Å². The summed E-state index contributed by atoms with van der Waals surface area (Å²) in [5, 5.41) is 13.7. The van der Waals surface area contributed by atoms with Crippen LogP contribution in [0.25, 0.3) is 5.65 Å². The van der Waals surface area contributed by atoms with Crippen LogP contribution in [0.4, 0.5) is 5.82 Å². The van der Waals surface area contributed by atoms with Gasteiger partial charge in [-0.1, -0.05) is 20.3 Å². The number of nitrogens with zero attached hydrogens (tertiary/aromatic N) is 3. The quantitative estimate of drug-likeness (QED) is 0.845. The van der Waals surface area contributed by atoms with Crippen molar-refractivity contribution in [2.24, 2.45) is 5.92 Å². The van der Waals surface area contributed by atoms with Crippen LogP contribution in [-0.4, -0.2) is 25.9 Å². The average molecular weight is 249 g/mol. The molecule has 0 fully saturated rings. The van der Waals surface area contributed by atoms with Crippen LogP contribution in [0.5, 0.6) is 0 Å². The van der Waals surface area contributed by atoms with Gasteiger partial charge < -0.3 is 5.32 Å². The Morgan fingerprint density at radius 3 is 2.94 bits per heavy atom. The molecule has 0 aliphatic rings. The van der Waals surface area contributed by atoms with Crippen LogP contribution in [0, 0.1) is 5.92 Å². The summed E-state index contributed by atoms with van der Waals surface area (Å²) in [6.45, 7) is 6.54. The molecule has 0 aliphatic carbocycles. The van der Waals surface area contributed by atoms with Gasteiger partial charge in [-0.3, -0.25) is 0 Å². The van der Waals surface area contributed by atoms with E-state index in [1.165, 1.54) is 10.9 Å². The number of rotatable bonds is 5. The van der Waals surface area contributed by atoms with Gasteiger partial charge in [-0.2, -0.15) is 9.61 Å². The van der Waals surface area contributed by atoms with Crippen molar-refractivity contribution in [2.45, 2.75) is 39.7 Å². The van der Waals surface area contributed by atoms with Crippen molar-refractivity contribution in [3.63, 3.8) is 0 Å². The zero-order chi connectivity index (χ0) is 13.1. The molecule has 6 nitrogen and oxygen atoms in total. The first-order chi connectivity index (χ1) is 8.60. The van der Waals surface area contributed by atoms with E-state index < -0.39 is 0 Å². The molecule has 2 unspecified atom stereocenters. The lowest BCUT2D eigenvalue weighted by Gasteiger charge is -2.17. The van der Waals surface area contributed by atoms with E-state index in [-0.39, 0.29) is 5.69 Å². The third-order valence-corrected chi connectivity index (χ3v) is 3.12. The van der Waals surface area contributed by atoms with Crippen molar-refractivity contribution in [3.8, 4) is 0 Å². The van der Waals surface area contributed by atoms with Gasteiger partial charge in [-0.15, -0.1) is 5.10 Å². The van der Waals surface area contributed by atoms with Gasteiger partial charge in [0.1, 0.15) is 5.82 Å². The van der Waals surface area contributed by atoms with Gasteiger partial charge in [0.2, 0.25) is 0 Å². The van der Waals surface area contributed by atoms with Crippen molar-refractivity contribution >= 4 is 11.5 Å². The summed E-state index contributed by atoms with van der Waals surface area (Å²) in [4.78, 5) is 11.4. The van der Waals surface area contributed by atoms with E-state index in [0.717, 1.165) is 6.42 Å². The molecular formula is C12H19N5O. The second kappa shape index (κ2) is 5.20. The molecule has 0 aromatic carbocycles. The molecule has 2 rings (SSSR count). The Bertz CT molecular complexity index is 573. The van der Waals surface area contributed by atoms with E-state index in [0.29, 0.717) is 23.4 Å². The van der Waals surface area contributed by atoms with E-state index in [4.69, 9.17) is 0 Å². The fraction of sp³-hybridized carbons (Fsp3) is 0.583. The molecule has 0 bridgehead atoms. The van der Waals surface area contributed by atoms with E-state index in [2.05, 4.69) is 41.4 Å². The lowest BCUT2D eigenvalue weighted by molar-refractivity contribution is 0.483. The summed E-state index contributed by atoms with van der Waals surface area (Å²) < 4.78 is 1.26. The van der Waals surface area contributed by atoms with Gasteiger partial charge in [0, 0.05) is 6.04 Å². The fourth-order valence-corrected chi connectivity index (χ4v) is 1.96. The number of nitrogens with one attached hydrogen (secondary N) is 2. The van der Waals surface area contributed by atoms with Crippen LogP contribution in [0.1, 0.15) is 33.6 Å². The largest absolute Gasteiger partial charge is 0.366 e. The maximum absolute atomic E-state index is 11.4. The lowest BCUT2D eigenvalue weighted by atomic mass is 10.0. The highest BCUT2D eigenvalue weighted by Gasteiger charge is 2.09. The maximum atomic E-state index is 11.4. The monoisotopic (exact) mass is 249 g/mol. The Morgan fingerprint density at radius 2 is 2.22 bits per heavy atom. The standard InChI is InChI=1S/C12H19N5O/c1-4-8(2)7-9(3)13-10-5-6-11-14-15-12(18)17(11)16-10/h5-6,8-9H,4,7H2,1-3H3,(H,13,16)(H,15,18). The number of fused-ring (bicyclic) bond motifs is 1. The van der Waals surface area contributed by atoms with Crippen LogP contribution < -0.4 is 11.0 Å². The molecule has 2 heterocycles. The van der Waals surface area contributed by atoms with Crippen molar-refractivity contribution in [2.75, 3.05) is 5.32 Å². The van der Waals surface area contributed by atoms with E-state index in [1.54, 1.807) is 6.07 Å². The van der Waals surface area contributed by atoms with Gasteiger partial charge in [0.15, 0.2) is 5.65 Å². The van der Waals surface area contributed by atoms with Crippen molar-refractivity contribution in [1.82, 2.24) is 19.8 Å². The van der Waals surface area contributed by atoms with Gasteiger partial charge in [-0.05, 0) is 31.4 Å². The average Bonchev–Trinajstić information content (AvgIpc) is 2.71. The van der Waals surface area contributed by atoms with Gasteiger partial charge in [-0.25, -0.2) is 9.89 Å². The SMILES string of the molecule is CCC(C)CC(C)Nc1ccc2n[nH]c(=O)n2n1. The zero-order valence-electron chi connectivity index (χ0n) is 11.0. The molecule has 2 atom stereocenters. The van der Waals surface area contributed by atoms with Crippen molar-refractivity contribution < 1.29 is 0 Å². The van der Waals surface area contributed by atoms with Crippen LogP contribution in [0.2, 0.25) is 0 Å². The molecule has 18 heavy (non-hydrogen) atoms. The molecule has 0 saturated heterocycles. The first kappa shape index (κ1) is 12.6. The summed E-state index contributed by atoms with van der Waals surface area (Å²) in [6.07, 6.45) is 2.25. The molecule has 0 amide bonds. The second-order valence-electron chi connectivity index (χ2n) is 4.81. The Balaban J connectivity index is 2.11. The molecule has 2 aromatic rings. The van der Waals surface area contributed by atoms with Gasteiger partial charge in [0.25, 0.3) is 0 Å². The number of H-pyrrole nitrogens is 1. The molecule has 0 aliphatic heterocycles. The number of anilines is 1. The Hall–Kier alpha value is -1.85. The topological polar surface area (TPSA) is 75.1 Å². The first-order valence-electron chi connectivity index (χ1n) is 6.31. The second-order valence-corrected chi connectivity index (χ2v) is 4.81. The molecule has 0 saturated carbocycles. The minimum Gasteiger partial charge on any atom is -0.366 e. The lowest BCUT2D eigenvalue weighted by Crippen LogP contribution is -2.21. The molecular weight excluding hydrogens is 230 g/mol. The number of aromatic nitrogens is 4. The van der Waals surface area contributed by atoms with Crippen molar-refractivity contribution in [3.05, 3.63) is 22.6 Å². The third kappa shape index (κ3) is 2.69. The highest BCUT2D eigenvalue weighted by atomic mass is 16.2. The van der Waals surface area contributed by atoms with Crippen LogP contribution >= 0.6 is 0 Å². The Morgan fingerprint density at radius 1 is 1.44 bits per heavy atom. The number of aromatic amines is 1. The van der Waals surface area contributed by atoms with Crippen LogP contribution in [0.15, 0.2) is 16.9 Å². The maximum Gasteiger partial charge on any atom is 0.364 e. The predicted octanol–water partition coefficient (Wildman–Crippen LogP) is 1.65. The minimum absolute atomic E-state index is 0.316. The third-order valence-electron chi connectivity index (χ3n) is 3.12. The molecule has 6 heteroatoms. The highest BCUT2D eigenvalue weighted by Crippen LogP contribution is 2.13. The summed E-state index contributed by atoms with van der Waals surface area (Å²) in [5.41, 5.74) is 0.211. The van der Waals surface area contributed by atoms with Gasteiger partial charge in [0.05, 0.1) is 0 Å². The van der Waals surface area contributed by atoms with E-state index >= 15 is 0 Å². The Labute approximate surface area is 105 Å². The zero-order valence-corrected chi connectivity index (χ0v) is 11.0. The van der Waals surface area contributed by atoms with Crippen molar-refractivity contribution in [1.29, 1.82) is 0 Å². The molecule has 98 valence electrons. The van der Waals surface area contributed by atoms with E-state index in [1.807, 2.05) is 6.07 Å². The Kier molecular flexibility index (Phi) is 3.64. The molecule has 0 radical (unpaired) electrons. The fourth-order valence-electron chi connectivity index (χ4n) is 1.96. The molecule has 2 N–H and O–H groups in total. The number of hydrogen-bond donors (Lipinski definition) is 2. The summed E-state index contributed by atoms with van der Waals surface area (Å²) in [5.74, 6) is 1.37. The minimum atomic E-state index is -0.316. The number of hydrogen-bond acceptors (Lipinski definition) is 4. The molecule has 2 aromatic heterocycles.